The van der Waals surface area contributed by atoms with E-state index in [0.717, 1.165) is 19.0 Å². The highest BCUT2D eigenvalue weighted by Crippen LogP contribution is 2.42. The topological polar surface area (TPSA) is 49.4 Å². The molecule has 0 spiro atoms. The quantitative estimate of drug-likeness (QED) is 0.842. The van der Waals surface area contributed by atoms with E-state index < -0.39 is 14.6 Å². The van der Waals surface area contributed by atoms with Crippen molar-refractivity contribution in [2.75, 3.05) is 25.9 Å². The highest BCUT2D eigenvalue weighted by atomic mass is 32.2. The zero-order valence-electron chi connectivity index (χ0n) is 14.4. The molecule has 2 aliphatic rings. The second-order valence-corrected chi connectivity index (χ2v) is 11.0. The van der Waals surface area contributed by atoms with Gasteiger partial charge in [-0.3, -0.25) is 4.90 Å². The number of nitrogens with one attached hydrogen (secondary N) is 1. The van der Waals surface area contributed by atoms with Gasteiger partial charge in [0.2, 0.25) is 0 Å². The van der Waals surface area contributed by atoms with Gasteiger partial charge in [0.1, 0.15) is 0 Å². The fourth-order valence-electron chi connectivity index (χ4n) is 3.49. The molecule has 2 unspecified atom stereocenters. The van der Waals surface area contributed by atoms with E-state index >= 15 is 0 Å². The number of hydrogen-bond donors (Lipinski definition) is 1. The van der Waals surface area contributed by atoms with Gasteiger partial charge in [-0.15, -0.1) is 0 Å². The Kier molecular flexibility index (Phi) is 4.51. The molecule has 21 heavy (non-hydrogen) atoms. The molecule has 124 valence electrons. The molecule has 1 heterocycles. The van der Waals surface area contributed by atoms with Crippen LogP contribution < -0.4 is 5.32 Å². The van der Waals surface area contributed by atoms with Crippen LogP contribution in [0.2, 0.25) is 0 Å². The molecule has 1 N–H and O–H groups in total. The first-order valence-corrected chi connectivity index (χ1v) is 10.0. The molecule has 2 atom stereocenters. The van der Waals surface area contributed by atoms with Gasteiger partial charge in [-0.2, -0.15) is 0 Å². The van der Waals surface area contributed by atoms with Crippen LogP contribution in [-0.2, 0) is 9.84 Å². The first kappa shape index (κ1) is 17.2. The van der Waals surface area contributed by atoms with Crippen LogP contribution in [0.15, 0.2) is 0 Å². The fraction of sp³-hybridized carbons (Fsp3) is 1.00. The summed E-state index contributed by atoms with van der Waals surface area (Å²) in [6, 6.07) is 0.415. The van der Waals surface area contributed by atoms with Crippen LogP contribution in [0.4, 0.5) is 0 Å². The Morgan fingerprint density at radius 2 is 1.90 bits per heavy atom. The SMILES string of the molecule is CC(C)C1CNC(C)(C2CC2)CN1CC(C)(C)S(C)(=O)=O. The van der Waals surface area contributed by atoms with Gasteiger partial charge in [0.25, 0.3) is 0 Å². The third-order valence-electron chi connectivity index (χ3n) is 5.55. The van der Waals surface area contributed by atoms with Crippen molar-refractivity contribution in [2.45, 2.75) is 63.8 Å². The maximum Gasteiger partial charge on any atom is 0.153 e. The first-order valence-electron chi connectivity index (χ1n) is 8.15. The fourth-order valence-corrected chi connectivity index (χ4v) is 3.89. The van der Waals surface area contributed by atoms with Gasteiger partial charge in [-0.1, -0.05) is 13.8 Å². The lowest BCUT2D eigenvalue weighted by molar-refractivity contribution is 0.0465. The molecule has 1 aliphatic carbocycles. The van der Waals surface area contributed by atoms with E-state index in [4.69, 9.17) is 0 Å². The molecule has 4 nitrogen and oxygen atoms in total. The predicted molar refractivity (Wildman–Crippen MR) is 88.3 cm³/mol. The van der Waals surface area contributed by atoms with Crippen LogP contribution in [0.3, 0.4) is 0 Å². The van der Waals surface area contributed by atoms with E-state index in [1.165, 1.54) is 19.1 Å². The molecule has 0 amide bonds. The van der Waals surface area contributed by atoms with Crippen molar-refractivity contribution in [1.29, 1.82) is 0 Å². The lowest BCUT2D eigenvalue weighted by Gasteiger charge is -2.50. The predicted octanol–water partition coefficient (Wildman–Crippen LogP) is 1.91. The summed E-state index contributed by atoms with van der Waals surface area (Å²) in [5, 5.41) is 3.75. The monoisotopic (exact) mass is 316 g/mol. The van der Waals surface area contributed by atoms with Crippen molar-refractivity contribution < 1.29 is 8.42 Å². The maximum absolute atomic E-state index is 12.1. The van der Waals surface area contributed by atoms with Crippen molar-refractivity contribution in [2.24, 2.45) is 11.8 Å². The van der Waals surface area contributed by atoms with E-state index in [0.29, 0.717) is 18.5 Å². The summed E-state index contributed by atoms with van der Waals surface area (Å²) in [5.41, 5.74) is 0.152. The zero-order chi connectivity index (χ0) is 16.1. The Balaban J connectivity index is 2.18. The van der Waals surface area contributed by atoms with Crippen LogP contribution in [0, 0.1) is 11.8 Å². The van der Waals surface area contributed by atoms with Gasteiger partial charge >= 0.3 is 0 Å². The molecule has 0 radical (unpaired) electrons. The van der Waals surface area contributed by atoms with Crippen LogP contribution >= 0.6 is 0 Å². The third-order valence-corrected chi connectivity index (χ3v) is 7.69. The van der Waals surface area contributed by atoms with Gasteiger partial charge < -0.3 is 5.32 Å². The summed E-state index contributed by atoms with van der Waals surface area (Å²) >= 11 is 0. The van der Waals surface area contributed by atoms with Crippen molar-refractivity contribution in [3.05, 3.63) is 0 Å². The Hall–Kier alpha value is -0.130. The van der Waals surface area contributed by atoms with E-state index in [2.05, 4.69) is 31.0 Å². The molecule has 1 aliphatic heterocycles. The van der Waals surface area contributed by atoms with Crippen molar-refractivity contribution in [3.8, 4) is 0 Å². The highest BCUT2D eigenvalue weighted by molar-refractivity contribution is 7.92. The van der Waals surface area contributed by atoms with Gasteiger partial charge in [0.05, 0.1) is 4.75 Å². The smallest absolute Gasteiger partial charge is 0.153 e. The van der Waals surface area contributed by atoms with E-state index in [1.807, 2.05) is 13.8 Å². The van der Waals surface area contributed by atoms with Crippen LogP contribution in [0.1, 0.15) is 47.5 Å². The molecule has 0 bridgehead atoms. The molecule has 1 saturated heterocycles. The number of hydrogen-bond acceptors (Lipinski definition) is 4. The van der Waals surface area contributed by atoms with Crippen molar-refractivity contribution in [1.82, 2.24) is 10.2 Å². The lowest BCUT2D eigenvalue weighted by atomic mass is 9.87. The Labute approximate surface area is 130 Å². The molecular formula is C16H32N2O2S. The molecule has 0 aromatic carbocycles. The number of piperazine rings is 1. The molecule has 2 fully saturated rings. The van der Waals surface area contributed by atoms with Gasteiger partial charge in [-0.25, -0.2) is 8.42 Å². The normalized spacial score (nSPS) is 32.6. The second kappa shape index (κ2) is 5.50. The Morgan fingerprint density at radius 1 is 1.33 bits per heavy atom. The number of sulfone groups is 1. The summed E-state index contributed by atoms with van der Waals surface area (Å²) in [5.74, 6) is 1.28. The standard InChI is InChI=1S/C16H32N2O2S/c1-12(2)14-9-17-16(5,13-7-8-13)11-18(14)10-15(3,4)21(6,19)20/h12-14,17H,7-11H2,1-6H3. The minimum absolute atomic E-state index is 0.152. The third kappa shape index (κ3) is 3.62. The van der Waals surface area contributed by atoms with Crippen molar-refractivity contribution in [3.63, 3.8) is 0 Å². The van der Waals surface area contributed by atoms with Crippen LogP contribution in [-0.4, -0.2) is 55.5 Å². The second-order valence-electron chi connectivity index (χ2n) is 8.32. The van der Waals surface area contributed by atoms with Gasteiger partial charge in [0.15, 0.2) is 9.84 Å². The minimum Gasteiger partial charge on any atom is -0.308 e. The molecule has 0 aromatic rings. The summed E-state index contributed by atoms with van der Waals surface area (Å²) in [4.78, 5) is 2.43. The summed E-state index contributed by atoms with van der Waals surface area (Å²) < 4.78 is 23.4. The average Bonchev–Trinajstić information content (AvgIpc) is 3.09. The largest absolute Gasteiger partial charge is 0.308 e. The Bertz CT molecular complexity index is 483. The molecular weight excluding hydrogens is 284 g/mol. The molecule has 2 rings (SSSR count). The van der Waals surface area contributed by atoms with Crippen molar-refractivity contribution >= 4 is 9.84 Å². The number of nitrogens with zero attached hydrogens (tertiary/aromatic N) is 1. The maximum atomic E-state index is 12.1. The molecule has 1 saturated carbocycles. The molecule has 0 aromatic heterocycles. The summed E-state index contributed by atoms with van der Waals surface area (Å²) in [7, 11) is -3.05. The van der Waals surface area contributed by atoms with Gasteiger partial charge in [0, 0.05) is 37.5 Å². The van der Waals surface area contributed by atoms with E-state index in [-0.39, 0.29) is 5.54 Å². The molecule has 5 heteroatoms. The Morgan fingerprint density at radius 3 is 2.33 bits per heavy atom. The van der Waals surface area contributed by atoms with Crippen LogP contribution in [0.5, 0.6) is 0 Å². The number of rotatable bonds is 5. The van der Waals surface area contributed by atoms with E-state index in [1.54, 1.807) is 0 Å². The first-order chi connectivity index (χ1) is 9.46. The van der Waals surface area contributed by atoms with E-state index in [9.17, 15) is 8.42 Å². The zero-order valence-corrected chi connectivity index (χ0v) is 15.3. The lowest BCUT2D eigenvalue weighted by Crippen LogP contribution is -2.67. The van der Waals surface area contributed by atoms with Gasteiger partial charge in [-0.05, 0) is 45.4 Å². The summed E-state index contributed by atoms with van der Waals surface area (Å²) in [6.45, 7) is 13.0. The highest BCUT2D eigenvalue weighted by Gasteiger charge is 2.48. The summed E-state index contributed by atoms with van der Waals surface area (Å²) in [6.07, 6.45) is 3.97. The van der Waals surface area contributed by atoms with Crippen LogP contribution in [0.25, 0.3) is 0 Å². The average molecular weight is 317 g/mol. The minimum atomic E-state index is -3.05.